The Balaban J connectivity index is 2.15. The van der Waals surface area contributed by atoms with E-state index < -0.39 is 60.1 Å². The predicted octanol–water partition coefficient (Wildman–Crippen LogP) is 4.57. The molecule has 156 valence electrons. The van der Waals surface area contributed by atoms with Crippen LogP contribution in [0.5, 0.6) is 11.5 Å². The van der Waals surface area contributed by atoms with Gasteiger partial charge in [0.05, 0.1) is 0 Å². The second-order valence-electron chi connectivity index (χ2n) is 5.48. The quantitative estimate of drug-likeness (QED) is 0.388. The fourth-order valence-corrected chi connectivity index (χ4v) is 2.04. The molecule has 0 amide bonds. The number of benzene rings is 2. The molecule has 0 spiro atoms. The Morgan fingerprint density at radius 1 is 0.655 bits per heavy atom. The Bertz CT molecular complexity index is 804. The molecule has 0 saturated carbocycles. The first-order chi connectivity index (χ1) is 13.5. The third kappa shape index (κ3) is 7.01. The molecule has 0 unspecified atom stereocenters. The van der Waals surface area contributed by atoms with Crippen LogP contribution in [0, 0.1) is 0 Å². The van der Waals surface area contributed by atoms with Gasteiger partial charge in [0.25, 0.3) is 0 Å². The maximum absolute atomic E-state index is 12.3. The molecule has 0 aliphatic carbocycles. The highest BCUT2D eigenvalue weighted by atomic mass is 19.4. The monoisotopic (exact) mass is 422 g/mol. The van der Waals surface area contributed by atoms with Gasteiger partial charge in [0.2, 0.25) is 0 Å². The fourth-order valence-electron chi connectivity index (χ4n) is 2.04. The van der Waals surface area contributed by atoms with Crippen LogP contribution in [0.15, 0.2) is 48.5 Å². The van der Waals surface area contributed by atoms with Crippen LogP contribution in [0.2, 0.25) is 0 Å². The van der Waals surface area contributed by atoms with Crippen molar-refractivity contribution in [1.82, 2.24) is 0 Å². The van der Waals surface area contributed by atoms with Crippen molar-refractivity contribution in [2.75, 3.05) is 13.2 Å². The number of rotatable bonds is 6. The number of para-hydroxylation sites is 2. The number of hydrogen-bond acceptors (Lipinski definition) is 5. The van der Waals surface area contributed by atoms with Crippen molar-refractivity contribution >= 4 is 11.9 Å². The van der Waals surface area contributed by atoms with Crippen LogP contribution in [-0.4, -0.2) is 37.5 Å². The number of hydrogen-bond donors (Lipinski definition) is 0. The number of carbonyl (C=O) groups excluding carboxylic acids is 2. The zero-order valence-electron chi connectivity index (χ0n) is 14.3. The molecular formula is C18H12F6O5. The average Bonchev–Trinajstić information content (AvgIpc) is 2.64. The van der Waals surface area contributed by atoms with Crippen LogP contribution < -0.4 is 9.47 Å². The summed E-state index contributed by atoms with van der Waals surface area (Å²) in [7, 11) is 0. The van der Waals surface area contributed by atoms with Crippen LogP contribution in [-0.2, 0) is 4.74 Å². The molecule has 0 bridgehead atoms. The van der Waals surface area contributed by atoms with Gasteiger partial charge >= 0.3 is 24.3 Å². The van der Waals surface area contributed by atoms with E-state index in [0.717, 1.165) is 24.3 Å². The van der Waals surface area contributed by atoms with Crippen molar-refractivity contribution in [2.24, 2.45) is 0 Å². The van der Waals surface area contributed by atoms with Gasteiger partial charge in [-0.15, -0.1) is 0 Å². The predicted molar refractivity (Wildman–Crippen MR) is 85.7 cm³/mol. The average molecular weight is 422 g/mol. The minimum absolute atomic E-state index is 0.473. The first-order valence-electron chi connectivity index (χ1n) is 7.80. The summed E-state index contributed by atoms with van der Waals surface area (Å²) in [5.41, 5.74) is -0.947. The Kier molecular flexibility index (Phi) is 6.72. The lowest BCUT2D eigenvalue weighted by atomic mass is 10.2. The molecule has 2 aromatic carbocycles. The zero-order valence-corrected chi connectivity index (χ0v) is 14.3. The SMILES string of the molecule is O=C(OC(=O)c1ccccc1OCC(F)(F)F)c1ccccc1OCC(F)(F)F. The largest absolute Gasteiger partial charge is 0.483 e. The smallest absolute Gasteiger partial charge is 0.422 e. The van der Waals surface area contributed by atoms with Gasteiger partial charge in [0.1, 0.15) is 22.6 Å². The molecule has 29 heavy (non-hydrogen) atoms. The topological polar surface area (TPSA) is 61.8 Å². The summed E-state index contributed by atoms with van der Waals surface area (Å²) in [5.74, 6) is -3.66. The van der Waals surface area contributed by atoms with Crippen molar-refractivity contribution in [3.8, 4) is 11.5 Å². The van der Waals surface area contributed by atoms with E-state index in [2.05, 4.69) is 14.2 Å². The molecule has 0 heterocycles. The summed E-state index contributed by atoms with van der Waals surface area (Å²) in [4.78, 5) is 24.4. The number of esters is 2. The van der Waals surface area contributed by atoms with Crippen molar-refractivity contribution in [3.63, 3.8) is 0 Å². The Hall–Kier alpha value is -3.24. The molecular weight excluding hydrogens is 410 g/mol. The summed E-state index contributed by atoms with van der Waals surface area (Å²) >= 11 is 0. The summed E-state index contributed by atoms with van der Waals surface area (Å²) in [6, 6.07) is 9.43. The van der Waals surface area contributed by atoms with E-state index in [0.29, 0.717) is 0 Å². The van der Waals surface area contributed by atoms with Gasteiger partial charge in [0, 0.05) is 0 Å². The van der Waals surface area contributed by atoms with Crippen molar-refractivity contribution in [2.45, 2.75) is 12.4 Å². The van der Waals surface area contributed by atoms with Crippen LogP contribution in [0.4, 0.5) is 26.3 Å². The third-order valence-corrected chi connectivity index (χ3v) is 3.18. The van der Waals surface area contributed by atoms with E-state index in [1.165, 1.54) is 24.3 Å². The minimum Gasteiger partial charge on any atom is -0.483 e. The molecule has 0 N–H and O–H groups in total. The minimum atomic E-state index is -4.67. The second-order valence-corrected chi connectivity index (χ2v) is 5.48. The van der Waals surface area contributed by atoms with Crippen LogP contribution in [0.1, 0.15) is 20.7 Å². The second kappa shape index (κ2) is 8.84. The van der Waals surface area contributed by atoms with Crippen LogP contribution in [0.25, 0.3) is 0 Å². The van der Waals surface area contributed by atoms with E-state index in [1.807, 2.05) is 0 Å². The molecule has 0 atom stereocenters. The lowest BCUT2D eigenvalue weighted by molar-refractivity contribution is -0.154. The van der Waals surface area contributed by atoms with Gasteiger partial charge < -0.3 is 14.2 Å². The maximum atomic E-state index is 12.3. The highest BCUT2D eigenvalue weighted by Crippen LogP contribution is 2.25. The first kappa shape index (κ1) is 22.1. The van der Waals surface area contributed by atoms with Crippen molar-refractivity contribution in [1.29, 1.82) is 0 Å². The van der Waals surface area contributed by atoms with Gasteiger partial charge in [-0.2, -0.15) is 26.3 Å². The maximum Gasteiger partial charge on any atom is 0.422 e. The Morgan fingerprint density at radius 3 is 1.34 bits per heavy atom. The lowest BCUT2D eigenvalue weighted by Crippen LogP contribution is -2.22. The molecule has 11 heteroatoms. The fraction of sp³-hybridized carbons (Fsp3) is 0.222. The Morgan fingerprint density at radius 2 is 1.00 bits per heavy atom. The number of carbonyl (C=O) groups is 2. The molecule has 0 saturated heterocycles. The molecule has 0 aromatic heterocycles. The van der Waals surface area contributed by atoms with Crippen LogP contribution in [0.3, 0.4) is 0 Å². The van der Waals surface area contributed by atoms with E-state index in [-0.39, 0.29) is 0 Å². The number of alkyl halides is 6. The van der Waals surface area contributed by atoms with E-state index >= 15 is 0 Å². The molecule has 0 fully saturated rings. The summed E-state index contributed by atoms with van der Waals surface area (Å²) in [6.07, 6.45) is -9.33. The normalized spacial score (nSPS) is 11.7. The summed E-state index contributed by atoms with van der Waals surface area (Å²) < 4.78 is 87.5. The number of halogens is 6. The van der Waals surface area contributed by atoms with Gasteiger partial charge in [-0.25, -0.2) is 9.59 Å². The molecule has 2 rings (SSSR count). The summed E-state index contributed by atoms with van der Waals surface area (Å²) in [5, 5.41) is 0. The third-order valence-electron chi connectivity index (χ3n) is 3.18. The van der Waals surface area contributed by atoms with Gasteiger partial charge in [-0.05, 0) is 24.3 Å². The molecule has 0 radical (unpaired) electrons. The van der Waals surface area contributed by atoms with Gasteiger partial charge in [-0.1, -0.05) is 24.3 Å². The lowest BCUT2D eigenvalue weighted by Gasteiger charge is -2.13. The Labute approximate surface area is 159 Å². The summed E-state index contributed by atoms with van der Waals surface area (Å²) in [6.45, 7) is -3.36. The van der Waals surface area contributed by atoms with E-state index in [9.17, 15) is 35.9 Å². The van der Waals surface area contributed by atoms with Gasteiger partial charge in [0.15, 0.2) is 13.2 Å². The van der Waals surface area contributed by atoms with Crippen LogP contribution >= 0.6 is 0 Å². The van der Waals surface area contributed by atoms with Gasteiger partial charge in [-0.3, -0.25) is 0 Å². The van der Waals surface area contributed by atoms with Crippen molar-refractivity contribution < 1.29 is 50.1 Å². The van der Waals surface area contributed by atoms with E-state index in [4.69, 9.17) is 0 Å². The first-order valence-corrected chi connectivity index (χ1v) is 7.80. The number of ether oxygens (including phenoxy) is 3. The highest BCUT2D eigenvalue weighted by molar-refractivity contribution is 6.04. The molecule has 5 nitrogen and oxygen atoms in total. The standard InChI is InChI=1S/C18H12F6O5/c19-17(20,21)9-27-13-7-3-1-5-11(13)15(25)29-16(26)12-6-2-4-8-14(12)28-10-18(22,23)24/h1-8H,9-10H2. The highest BCUT2D eigenvalue weighted by Gasteiger charge is 2.31. The molecule has 2 aromatic rings. The zero-order chi connectivity index (χ0) is 21.7. The van der Waals surface area contributed by atoms with E-state index in [1.54, 1.807) is 0 Å². The molecule has 0 aliphatic heterocycles. The van der Waals surface area contributed by atoms with Crippen molar-refractivity contribution in [3.05, 3.63) is 59.7 Å². The molecule has 0 aliphatic rings.